The Morgan fingerprint density at radius 2 is 1.76 bits per heavy atom. The average molecular weight is 240 g/mol. The highest BCUT2D eigenvalue weighted by atomic mass is 16.5. The van der Waals surface area contributed by atoms with Crippen LogP contribution < -0.4 is 5.32 Å². The van der Waals surface area contributed by atoms with Crippen LogP contribution in [0.4, 0.5) is 0 Å². The number of nitrogens with zero attached hydrogens (tertiary/aromatic N) is 1. The Labute approximate surface area is 106 Å². The molecule has 0 aromatic carbocycles. The molecule has 0 aromatic heterocycles. The molecule has 2 heterocycles. The summed E-state index contributed by atoms with van der Waals surface area (Å²) in [5.74, 6) is 0. The molecule has 2 saturated heterocycles. The predicted molar refractivity (Wildman–Crippen MR) is 71.3 cm³/mol. The van der Waals surface area contributed by atoms with Gasteiger partial charge in [-0.15, -0.1) is 0 Å². The maximum atomic E-state index is 5.84. The van der Waals surface area contributed by atoms with Crippen LogP contribution in [0.3, 0.4) is 0 Å². The molecule has 1 N–H and O–H groups in total. The minimum Gasteiger partial charge on any atom is -0.372 e. The molecule has 17 heavy (non-hydrogen) atoms. The Kier molecular flexibility index (Phi) is 4.45. The van der Waals surface area contributed by atoms with Gasteiger partial charge in [0, 0.05) is 26.2 Å². The Balaban J connectivity index is 1.54. The molecule has 2 aliphatic rings. The summed E-state index contributed by atoms with van der Waals surface area (Å²) in [6.45, 7) is 12.6. The second-order valence-electron chi connectivity index (χ2n) is 6.78. The molecular weight excluding hydrogens is 212 g/mol. The number of likely N-dealkylation sites (tertiary alicyclic amines) is 1. The Morgan fingerprint density at radius 3 is 2.35 bits per heavy atom. The van der Waals surface area contributed by atoms with Crippen LogP contribution in [0.15, 0.2) is 0 Å². The molecule has 2 unspecified atom stereocenters. The summed E-state index contributed by atoms with van der Waals surface area (Å²) in [7, 11) is 0. The normalized spacial score (nSPS) is 29.8. The van der Waals surface area contributed by atoms with Gasteiger partial charge in [-0.25, -0.2) is 0 Å². The molecule has 0 saturated carbocycles. The van der Waals surface area contributed by atoms with E-state index in [-0.39, 0.29) is 0 Å². The highest BCUT2D eigenvalue weighted by Gasteiger charge is 2.33. The third-order valence-electron chi connectivity index (χ3n) is 3.78. The summed E-state index contributed by atoms with van der Waals surface area (Å²) in [6, 6.07) is 0. The SMILES string of the molecule is CC(C)(C)CCNCCN1CC2CCC(C1)O2. The molecule has 3 heteroatoms. The zero-order chi connectivity index (χ0) is 12.3. The number of fused-ring (bicyclic) bond motifs is 2. The van der Waals surface area contributed by atoms with E-state index in [1.807, 2.05) is 0 Å². The topological polar surface area (TPSA) is 24.5 Å². The van der Waals surface area contributed by atoms with E-state index in [1.54, 1.807) is 0 Å². The Morgan fingerprint density at radius 1 is 1.12 bits per heavy atom. The van der Waals surface area contributed by atoms with Gasteiger partial charge >= 0.3 is 0 Å². The molecule has 3 nitrogen and oxygen atoms in total. The monoisotopic (exact) mass is 240 g/mol. The summed E-state index contributed by atoms with van der Waals surface area (Å²) in [5, 5.41) is 3.56. The van der Waals surface area contributed by atoms with Crippen molar-refractivity contribution in [3.8, 4) is 0 Å². The first-order valence-electron chi connectivity index (χ1n) is 7.11. The van der Waals surface area contributed by atoms with Crippen molar-refractivity contribution >= 4 is 0 Å². The van der Waals surface area contributed by atoms with Gasteiger partial charge in [-0.2, -0.15) is 0 Å². The standard InChI is InChI=1S/C14H28N2O/c1-14(2,3)6-7-15-8-9-16-10-12-4-5-13(11-16)17-12/h12-13,15H,4-11H2,1-3H3. The van der Waals surface area contributed by atoms with E-state index in [1.165, 1.54) is 25.8 Å². The molecule has 2 atom stereocenters. The first-order valence-corrected chi connectivity index (χ1v) is 7.11. The van der Waals surface area contributed by atoms with Gasteiger partial charge in [-0.3, -0.25) is 4.90 Å². The van der Waals surface area contributed by atoms with Crippen LogP contribution >= 0.6 is 0 Å². The van der Waals surface area contributed by atoms with Crippen LogP contribution in [0.2, 0.25) is 0 Å². The number of nitrogens with one attached hydrogen (secondary N) is 1. The van der Waals surface area contributed by atoms with Crippen molar-refractivity contribution in [2.24, 2.45) is 5.41 Å². The molecular formula is C14H28N2O. The van der Waals surface area contributed by atoms with Gasteiger partial charge in [-0.1, -0.05) is 20.8 Å². The molecule has 0 aromatic rings. The lowest BCUT2D eigenvalue weighted by molar-refractivity contribution is -0.0376. The third kappa shape index (κ3) is 4.57. The fourth-order valence-electron chi connectivity index (χ4n) is 2.71. The molecule has 0 spiro atoms. The van der Waals surface area contributed by atoms with E-state index in [2.05, 4.69) is 31.0 Å². The number of rotatable bonds is 5. The van der Waals surface area contributed by atoms with Crippen LogP contribution in [-0.4, -0.2) is 49.8 Å². The zero-order valence-electron chi connectivity index (χ0n) is 11.7. The number of morpholine rings is 1. The number of hydrogen-bond donors (Lipinski definition) is 1. The summed E-state index contributed by atoms with van der Waals surface area (Å²) in [6.07, 6.45) is 4.87. The number of ether oxygens (including phenoxy) is 1. The molecule has 0 radical (unpaired) electrons. The minimum absolute atomic E-state index is 0.449. The molecule has 0 amide bonds. The lowest BCUT2D eigenvalue weighted by atomic mass is 9.92. The van der Waals surface area contributed by atoms with Gasteiger partial charge in [-0.05, 0) is 31.2 Å². The van der Waals surface area contributed by atoms with Gasteiger partial charge < -0.3 is 10.1 Å². The lowest BCUT2D eigenvalue weighted by Gasteiger charge is -2.32. The van der Waals surface area contributed by atoms with Crippen LogP contribution in [0.25, 0.3) is 0 Å². The van der Waals surface area contributed by atoms with E-state index < -0.39 is 0 Å². The summed E-state index contributed by atoms with van der Waals surface area (Å²) >= 11 is 0. The van der Waals surface area contributed by atoms with Crippen LogP contribution in [-0.2, 0) is 4.74 Å². The lowest BCUT2D eigenvalue weighted by Crippen LogP contribution is -2.45. The average Bonchev–Trinajstić information content (AvgIpc) is 2.56. The second kappa shape index (κ2) is 5.68. The van der Waals surface area contributed by atoms with Gasteiger partial charge in [0.2, 0.25) is 0 Å². The summed E-state index contributed by atoms with van der Waals surface area (Å²) < 4.78 is 5.84. The van der Waals surface area contributed by atoms with Gasteiger partial charge in [0.05, 0.1) is 12.2 Å². The van der Waals surface area contributed by atoms with Crippen LogP contribution in [0.5, 0.6) is 0 Å². The molecule has 0 aliphatic carbocycles. The zero-order valence-corrected chi connectivity index (χ0v) is 11.7. The van der Waals surface area contributed by atoms with Crippen molar-refractivity contribution in [3.63, 3.8) is 0 Å². The smallest absolute Gasteiger partial charge is 0.0707 e. The third-order valence-corrected chi connectivity index (χ3v) is 3.78. The fraction of sp³-hybridized carbons (Fsp3) is 1.00. The Bertz CT molecular complexity index is 225. The largest absolute Gasteiger partial charge is 0.372 e. The quantitative estimate of drug-likeness (QED) is 0.743. The summed E-state index contributed by atoms with van der Waals surface area (Å²) in [5.41, 5.74) is 0.449. The van der Waals surface area contributed by atoms with Gasteiger partial charge in [0.15, 0.2) is 0 Å². The molecule has 2 fully saturated rings. The molecule has 2 rings (SSSR count). The van der Waals surface area contributed by atoms with Gasteiger partial charge in [0.25, 0.3) is 0 Å². The van der Waals surface area contributed by atoms with Crippen molar-refractivity contribution in [3.05, 3.63) is 0 Å². The minimum atomic E-state index is 0.449. The van der Waals surface area contributed by atoms with E-state index in [9.17, 15) is 0 Å². The highest BCUT2D eigenvalue weighted by molar-refractivity contribution is 4.84. The first kappa shape index (κ1) is 13.3. The highest BCUT2D eigenvalue weighted by Crippen LogP contribution is 2.25. The molecule has 100 valence electrons. The van der Waals surface area contributed by atoms with E-state index in [4.69, 9.17) is 4.74 Å². The van der Waals surface area contributed by atoms with Gasteiger partial charge in [0.1, 0.15) is 0 Å². The molecule has 2 aliphatic heterocycles. The predicted octanol–water partition coefficient (Wildman–Crippen LogP) is 1.88. The fourth-order valence-corrected chi connectivity index (χ4v) is 2.71. The van der Waals surface area contributed by atoms with Crippen molar-refractivity contribution < 1.29 is 4.74 Å². The van der Waals surface area contributed by atoms with Crippen molar-refractivity contribution in [2.75, 3.05) is 32.7 Å². The van der Waals surface area contributed by atoms with E-state index in [0.717, 1.165) is 26.2 Å². The first-order chi connectivity index (χ1) is 8.03. The van der Waals surface area contributed by atoms with Crippen LogP contribution in [0, 0.1) is 5.41 Å². The Hall–Kier alpha value is -0.120. The maximum absolute atomic E-state index is 5.84. The van der Waals surface area contributed by atoms with Crippen molar-refractivity contribution in [2.45, 2.75) is 52.2 Å². The maximum Gasteiger partial charge on any atom is 0.0707 e. The van der Waals surface area contributed by atoms with E-state index in [0.29, 0.717) is 17.6 Å². The summed E-state index contributed by atoms with van der Waals surface area (Å²) in [4.78, 5) is 2.57. The van der Waals surface area contributed by atoms with Crippen molar-refractivity contribution in [1.82, 2.24) is 10.2 Å². The van der Waals surface area contributed by atoms with Crippen LogP contribution in [0.1, 0.15) is 40.0 Å². The number of hydrogen-bond acceptors (Lipinski definition) is 3. The van der Waals surface area contributed by atoms with E-state index >= 15 is 0 Å². The molecule has 2 bridgehead atoms. The van der Waals surface area contributed by atoms with Crippen molar-refractivity contribution in [1.29, 1.82) is 0 Å². The second-order valence-corrected chi connectivity index (χ2v) is 6.78.